The standard InChI is InChI=1S/C17H22N2O3/c1-10-15(20)19(12-6-7-12)14-8-5-11(9-13(14)18-10)16(21)22-17(2,3)4/h5,8-10,12,18H,6-7H2,1-4H3. The highest BCUT2D eigenvalue weighted by Gasteiger charge is 2.39. The van der Waals surface area contributed by atoms with E-state index >= 15 is 0 Å². The van der Waals surface area contributed by atoms with Gasteiger partial charge in [0.15, 0.2) is 0 Å². The zero-order valence-electron chi connectivity index (χ0n) is 13.5. The van der Waals surface area contributed by atoms with Crippen LogP contribution < -0.4 is 10.2 Å². The van der Waals surface area contributed by atoms with Crippen molar-refractivity contribution in [1.29, 1.82) is 0 Å². The molecule has 3 rings (SSSR count). The third kappa shape index (κ3) is 2.80. The second kappa shape index (κ2) is 5.00. The van der Waals surface area contributed by atoms with Crippen molar-refractivity contribution in [3.05, 3.63) is 23.8 Å². The van der Waals surface area contributed by atoms with Crippen molar-refractivity contribution in [3.63, 3.8) is 0 Å². The Kier molecular flexibility index (Phi) is 3.38. The molecule has 1 atom stereocenters. The number of hydrogen-bond acceptors (Lipinski definition) is 4. The van der Waals surface area contributed by atoms with Gasteiger partial charge in [0, 0.05) is 6.04 Å². The van der Waals surface area contributed by atoms with Gasteiger partial charge >= 0.3 is 5.97 Å². The highest BCUT2D eigenvalue weighted by molar-refractivity contribution is 6.06. The second-order valence-electron chi connectivity index (χ2n) is 7.04. The molecule has 0 spiro atoms. The number of amides is 1. The Bertz CT molecular complexity index is 629. The summed E-state index contributed by atoms with van der Waals surface area (Å²) in [6, 6.07) is 5.38. The molecule has 1 heterocycles. The summed E-state index contributed by atoms with van der Waals surface area (Å²) < 4.78 is 5.40. The smallest absolute Gasteiger partial charge is 0.338 e. The summed E-state index contributed by atoms with van der Waals surface area (Å²) in [5.74, 6) is -0.250. The molecular weight excluding hydrogens is 280 g/mol. The molecule has 1 fully saturated rings. The summed E-state index contributed by atoms with van der Waals surface area (Å²) in [4.78, 5) is 26.4. The molecule has 1 saturated carbocycles. The van der Waals surface area contributed by atoms with Crippen molar-refractivity contribution in [2.45, 2.75) is 58.2 Å². The molecule has 2 aliphatic rings. The Morgan fingerprint density at radius 1 is 1.32 bits per heavy atom. The highest BCUT2D eigenvalue weighted by Crippen LogP contribution is 2.40. The van der Waals surface area contributed by atoms with Gasteiger partial charge in [-0.25, -0.2) is 4.79 Å². The van der Waals surface area contributed by atoms with Crippen LogP contribution in [0.5, 0.6) is 0 Å². The number of esters is 1. The Morgan fingerprint density at radius 3 is 2.59 bits per heavy atom. The zero-order valence-corrected chi connectivity index (χ0v) is 13.5. The molecule has 1 aliphatic carbocycles. The monoisotopic (exact) mass is 302 g/mol. The van der Waals surface area contributed by atoms with Gasteiger partial charge in [-0.1, -0.05) is 0 Å². The minimum atomic E-state index is -0.524. The van der Waals surface area contributed by atoms with Crippen LogP contribution in [0.25, 0.3) is 0 Å². The van der Waals surface area contributed by atoms with Crippen molar-refractivity contribution < 1.29 is 14.3 Å². The van der Waals surface area contributed by atoms with E-state index in [2.05, 4.69) is 5.32 Å². The molecule has 1 amide bonds. The number of carbonyl (C=O) groups excluding carboxylic acids is 2. The quantitative estimate of drug-likeness (QED) is 0.853. The van der Waals surface area contributed by atoms with Crippen LogP contribution in [-0.4, -0.2) is 29.6 Å². The predicted octanol–water partition coefficient (Wildman–Crippen LogP) is 2.95. The number of fused-ring (bicyclic) bond motifs is 1. The number of rotatable bonds is 2. The van der Waals surface area contributed by atoms with Crippen LogP contribution in [0.2, 0.25) is 0 Å². The summed E-state index contributed by atoms with van der Waals surface area (Å²) in [5.41, 5.74) is 1.66. The summed E-state index contributed by atoms with van der Waals surface area (Å²) in [6.45, 7) is 7.38. The van der Waals surface area contributed by atoms with Crippen molar-refractivity contribution in [3.8, 4) is 0 Å². The van der Waals surface area contributed by atoms with Gasteiger partial charge in [-0.05, 0) is 58.7 Å². The number of anilines is 2. The number of nitrogens with one attached hydrogen (secondary N) is 1. The first kappa shape index (κ1) is 14.9. The predicted molar refractivity (Wildman–Crippen MR) is 85.2 cm³/mol. The van der Waals surface area contributed by atoms with Crippen molar-refractivity contribution >= 4 is 23.3 Å². The van der Waals surface area contributed by atoms with E-state index in [0.29, 0.717) is 11.6 Å². The molecule has 0 saturated heterocycles. The molecular formula is C17H22N2O3. The molecule has 1 aromatic carbocycles. The molecule has 5 heteroatoms. The number of ether oxygens (including phenoxy) is 1. The van der Waals surface area contributed by atoms with E-state index in [-0.39, 0.29) is 17.9 Å². The molecule has 1 unspecified atom stereocenters. The largest absolute Gasteiger partial charge is 0.456 e. The molecule has 0 radical (unpaired) electrons. The number of carbonyl (C=O) groups is 2. The van der Waals surface area contributed by atoms with E-state index in [1.165, 1.54) is 0 Å². The van der Waals surface area contributed by atoms with Crippen molar-refractivity contribution in [2.24, 2.45) is 0 Å². The molecule has 1 N–H and O–H groups in total. The first-order chi connectivity index (χ1) is 10.3. The zero-order chi connectivity index (χ0) is 16.1. The van der Waals surface area contributed by atoms with Crippen LogP contribution in [0, 0.1) is 0 Å². The fraction of sp³-hybridized carbons (Fsp3) is 0.529. The highest BCUT2D eigenvalue weighted by atomic mass is 16.6. The van der Waals surface area contributed by atoms with E-state index in [4.69, 9.17) is 4.74 Å². The van der Waals surface area contributed by atoms with Crippen LogP contribution in [0.4, 0.5) is 11.4 Å². The van der Waals surface area contributed by atoms with Gasteiger partial charge in [0.25, 0.3) is 0 Å². The number of nitrogens with zero attached hydrogens (tertiary/aromatic N) is 1. The number of hydrogen-bond donors (Lipinski definition) is 1. The fourth-order valence-corrected chi connectivity index (χ4v) is 2.66. The maximum absolute atomic E-state index is 12.3. The van der Waals surface area contributed by atoms with E-state index in [1.54, 1.807) is 12.1 Å². The fourth-order valence-electron chi connectivity index (χ4n) is 2.66. The molecule has 5 nitrogen and oxygen atoms in total. The lowest BCUT2D eigenvalue weighted by Gasteiger charge is -2.34. The van der Waals surface area contributed by atoms with Gasteiger partial charge in [0.1, 0.15) is 11.6 Å². The van der Waals surface area contributed by atoms with Gasteiger partial charge in [-0.2, -0.15) is 0 Å². The average Bonchev–Trinajstić information content (AvgIpc) is 3.22. The van der Waals surface area contributed by atoms with E-state index in [0.717, 1.165) is 24.2 Å². The Hall–Kier alpha value is -2.04. The first-order valence-electron chi connectivity index (χ1n) is 7.73. The van der Waals surface area contributed by atoms with Crippen LogP contribution in [-0.2, 0) is 9.53 Å². The van der Waals surface area contributed by atoms with Gasteiger partial charge < -0.3 is 15.0 Å². The molecule has 0 bridgehead atoms. The van der Waals surface area contributed by atoms with Gasteiger partial charge in [0.05, 0.1) is 16.9 Å². The number of benzene rings is 1. The lowest BCUT2D eigenvalue weighted by Crippen LogP contribution is -2.46. The topological polar surface area (TPSA) is 58.6 Å². The Labute approximate surface area is 130 Å². The maximum atomic E-state index is 12.3. The summed E-state index contributed by atoms with van der Waals surface area (Å²) in [6.07, 6.45) is 2.09. The minimum Gasteiger partial charge on any atom is -0.456 e. The summed E-state index contributed by atoms with van der Waals surface area (Å²) in [7, 11) is 0. The van der Waals surface area contributed by atoms with E-state index in [9.17, 15) is 9.59 Å². The third-order valence-electron chi connectivity index (χ3n) is 3.78. The average molecular weight is 302 g/mol. The second-order valence-corrected chi connectivity index (χ2v) is 7.04. The van der Waals surface area contributed by atoms with Gasteiger partial charge in [0.2, 0.25) is 5.91 Å². The first-order valence-corrected chi connectivity index (χ1v) is 7.73. The molecule has 118 valence electrons. The summed E-state index contributed by atoms with van der Waals surface area (Å²) in [5, 5.41) is 3.18. The van der Waals surface area contributed by atoms with E-state index < -0.39 is 5.60 Å². The lowest BCUT2D eigenvalue weighted by molar-refractivity contribution is -0.119. The van der Waals surface area contributed by atoms with Crippen molar-refractivity contribution in [1.82, 2.24) is 0 Å². The van der Waals surface area contributed by atoms with Crippen LogP contribution >= 0.6 is 0 Å². The van der Waals surface area contributed by atoms with Crippen molar-refractivity contribution in [2.75, 3.05) is 10.2 Å². The molecule has 0 aromatic heterocycles. The Balaban J connectivity index is 1.92. The van der Waals surface area contributed by atoms with E-state index in [1.807, 2.05) is 38.7 Å². The third-order valence-corrected chi connectivity index (χ3v) is 3.78. The minimum absolute atomic E-state index is 0.0972. The van der Waals surface area contributed by atoms with Crippen LogP contribution in [0.15, 0.2) is 18.2 Å². The van der Waals surface area contributed by atoms with Crippen LogP contribution in [0.1, 0.15) is 50.9 Å². The summed E-state index contributed by atoms with van der Waals surface area (Å²) >= 11 is 0. The van der Waals surface area contributed by atoms with Crippen LogP contribution in [0.3, 0.4) is 0 Å². The molecule has 1 aliphatic heterocycles. The normalized spacial score (nSPS) is 21.2. The SMILES string of the molecule is CC1Nc2cc(C(=O)OC(C)(C)C)ccc2N(C2CC2)C1=O. The molecule has 22 heavy (non-hydrogen) atoms. The maximum Gasteiger partial charge on any atom is 0.338 e. The van der Waals surface area contributed by atoms with Gasteiger partial charge in [-0.3, -0.25) is 4.79 Å². The molecule has 1 aromatic rings. The van der Waals surface area contributed by atoms with Gasteiger partial charge in [-0.15, -0.1) is 0 Å². The lowest BCUT2D eigenvalue weighted by atomic mass is 10.1. The Morgan fingerprint density at radius 2 is 2.00 bits per heavy atom.